The largest absolute Gasteiger partial charge is 0.334 e. The molecule has 98 valence electrons. The van der Waals surface area contributed by atoms with Gasteiger partial charge in [-0.25, -0.2) is 0 Å². The first-order valence-corrected chi connectivity index (χ1v) is 7.64. The molecule has 0 spiro atoms. The number of benzene rings is 1. The Labute approximate surface area is 113 Å². The van der Waals surface area contributed by atoms with Crippen molar-refractivity contribution in [2.45, 2.75) is 30.2 Å². The van der Waals surface area contributed by atoms with E-state index in [2.05, 4.69) is 0 Å². The van der Waals surface area contributed by atoms with Crippen molar-refractivity contribution in [3.8, 4) is 0 Å². The maximum atomic E-state index is 12.6. The van der Waals surface area contributed by atoms with Crippen LogP contribution in [-0.2, 0) is 0 Å². The van der Waals surface area contributed by atoms with E-state index in [0.717, 1.165) is 29.8 Å². The second-order valence-corrected chi connectivity index (χ2v) is 5.43. The molecule has 3 nitrogen and oxygen atoms in total. The van der Waals surface area contributed by atoms with Gasteiger partial charge in [0.2, 0.25) is 0 Å². The Morgan fingerprint density at radius 1 is 1.44 bits per heavy atom. The van der Waals surface area contributed by atoms with Gasteiger partial charge in [0.25, 0.3) is 5.91 Å². The zero-order valence-electron chi connectivity index (χ0n) is 10.8. The van der Waals surface area contributed by atoms with Gasteiger partial charge in [0.05, 0.1) is 5.56 Å². The van der Waals surface area contributed by atoms with Gasteiger partial charge in [0.15, 0.2) is 0 Å². The molecule has 1 saturated heterocycles. The first-order valence-electron chi connectivity index (χ1n) is 6.42. The molecule has 1 aromatic rings. The predicted octanol–water partition coefficient (Wildman–Crippen LogP) is 2.36. The Morgan fingerprint density at radius 2 is 2.22 bits per heavy atom. The molecule has 4 heteroatoms. The van der Waals surface area contributed by atoms with Gasteiger partial charge in [-0.1, -0.05) is 12.1 Å². The van der Waals surface area contributed by atoms with E-state index < -0.39 is 0 Å². The molecule has 1 aliphatic rings. The summed E-state index contributed by atoms with van der Waals surface area (Å²) in [6.45, 7) is 1.40. The second kappa shape index (κ2) is 6.25. The van der Waals surface area contributed by atoms with E-state index in [-0.39, 0.29) is 11.9 Å². The highest BCUT2D eigenvalue weighted by Gasteiger charge is 2.27. The molecular formula is C14H20N2OS. The smallest absolute Gasteiger partial charge is 0.255 e. The maximum absolute atomic E-state index is 12.6. The van der Waals surface area contributed by atoms with Gasteiger partial charge >= 0.3 is 0 Å². The number of thioether (sulfide) groups is 1. The number of hydrogen-bond acceptors (Lipinski definition) is 3. The second-order valence-electron chi connectivity index (χ2n) is 4.58. The summed E-state index contributed by atoms with van der Waals surface area (Å²) in [6.07, 6.45) is 5.30. The summed E-state index contributed by atoms with van der Waals surface area (Å²) in [5.41, 5.74) is 6.59. The first kappa shape index (κ1) is 13.4. The number of hydrogen-bond donors (Lipinski definition) is 1. The van der Waals surface area contributed by atoms with Crippen molar-refractivity contribution in [3.05, 3.63) is 29.8 Å². The lowest BCUT2D eigenvalue weighted by atomic mass is 10.0. The Balaban J connectivity index is 2.24. The molecule has 1 atom stereocenters. The lowest BCUT2D eigenvalue weighted by Gasteiger charge is -2.35. The van der Waals surface area contributed by atoms with Crippen LogP contribution in [0.2, 0.25) is 0 Å². The third kappa shape index (κ3) is 2.70. The molecule has 0 radical (unpaired) electrons. The van der Waals surface area contributed by atoms with E-state index in [1.165, 1.54) is 6.42 Å². The maximum Gasteiger partial charge on any atom is 0.255 e. The zero-order valence-corrected chi connectivity index (χ0v) is 11.6. The van der Waals surface area contributed by atoms with Crippen LogP contribution in [0.15, 0.2) is 29.2 Å². The van der Waals surface area contributed by atoms with Crippen LogP contribution in [0.1, 0.15) is 29.6 Å². The third-order valence-electron chi connectivity index (χ3n) is 3.50. The number of rotatable bonds is 3. The Kier molecular flexibility index (Phi) is 4.66. The van der Waals surface area contributed by atoms with Gasteiger partial charge in [0.1, 0.15) is 0 Å². The molecule has 18 heavy (non-hydrogen) atoms. The number of amides is 1. The minimum absolute atomic E-state index is 0.134. The highest BCUT2D eigenvalue weighted by molar-refractivity contribution is 7.98. The molecular weight excluding hydrogens is 244 g/mol. The number of likely N-dealkylation sites (tertiary alicyclic amines) is 1. The van der Waals surface area contributed by atoms with E-state index in [1.54, 1.807) is 11.8 Å². The van der Waals surface area contributed by atoms with Gasteiger partial charge in [-0.05, 0) is 37.7 Å². The quantitative estimate of drug-likeness (QED) is 0.853. The van der Waals surface area contributed by atoms with Crippen LogP contribution in [0.25, 0.3) is 0 Å². The van der Waals surface area contributed by atoms with Crippen LogP contribution in [0.4, 0.5) is 0 Å². The van der Waals surface area contributed by atoms with E-state index in [9.17, 15) is 4.79 Å². The minimum Gasteiger partial charge on any atom is -0.334 e. The Hall–Kier alpha value is -1.00. The summed E-state index contributed by atoms with van der Waals surface area (Å²) in [5, 5.41) is 0. The van der Waals surface area contributed by atoms with Gasteiger partial charge in [0, 0.05) is 24.0 Å². The molecule has 0 aromatic heterocycles. The van der Waals surface area contributed by atoms with Crippen molar-refractivity contribution in [3.63, 3.8) is 0 Å². The van der Waals surface area contributed by atoms with E-state index in [0.29, 0.717) is 6.54 Å². The SMILES string of the molecule is CSc1ccccc1C(=O)N1CCCCC1CN. The Bertz CT molecular complexity index is 422. The normalized spacial score (nSPS) is 19.9. The van der Waals surface area contributed by atoms with Gasteiger partial charge in [-0.3, -0.25) is 4.79 Å². The van der Waals surface area contributed by atoms with Crippen LogP contribution in [0.3, 0.4) is 0 Å². The highest BCUT2D eigenvalue weighted by Crippen LogP contribution is 2.24. The summed E-state index contributed by atoms with van der Waals surface area (Å²) in [5.74, 6) is 0.134. The molecule has 2 rings (SSSR count). The number of nitrogens with zero attached hydrogens (tertiary/aromatic N) is 1. The summed E-state index contributed by atoms with van der Waals surface area (Å²) in [7, 11) is 0. The summed E-state index contributed by atoms with van der Waals surface area (Å²) < 4.78 is 0. The molecule has 0 saturated carbocycles. The van der Waals surface area contributed by atoms with Gasteiger partial charge in [-0.15, -0.1) is 11.8 Å². The average Bonchev–Trinajstić information content (AvgIpc) is 2.46. The van der Waals surface area contributed by atoms with Crippen LogP contribution < -0.4 is 5.73 Å². The fraction of sp³-hybridized carbons (Fsp3) is 0.500. The van der Waals surface area contributed by atoms with Crippen molar-refractivity contribution in [1.29, 1.82) is 0 Å². The van der Waals surface area contributed by atoms with Crippen molar-refractivity contribution < 1.29 is 4.79 Å². The number of carbonyl (C=O) groups is 1. The van der Waals surface area contributed by atoms with E-state index >= 15 is 0 Å². The van der Waals surface area contributed by atoms with Crippen molar-refractivity contribution in [2.75, 3.05) is 19.3 Å². The summed E-state index contributed by atoms with van der Waals surface area (Å²) in [4.78, 5) is 15.6. The first-order chi connectivity index (χ1) is 8.77. The summed E-state index contributed by atoms with van der Waals surface area (Å²) in [6, 6.07) is 8.02. The molecule has 2 N–H and O–H groups in total. The van der Waals surface area contributed by atoms with E-state index in [4.69, 9.17) is 5.73 Å². The molecule has 1 aliphatic heterocycles. The van der Waals surface area contributed by atoms with Crippen molar-refractivity contribution >= 4 is 17.7 Å². The topological polar surface area (TPSA) is 46.3 Å². The summed E-state index contributed by atoms with van der Waals surface area (Å²) >= 11 is 1.62. The number of piperidine rings is 1. The van der Waals surface area contributed by atoms with Gasteiger partial charge in [-0.2, -0.15) is 0 Å². The minimum atomic E-state index is 0.134. The fourth-order valence-electron chi connectivity index (χ4n) is 2.49. The lowest BCUT2D eigenvalue weighted by molar-refractivity contribution is 0.0620. The highest BCUT2D eigenvalue weighted by atomic mass is 32.2. The molecule has 1 fully saturated rings. The molecule has 1 unspecified atom stereocenters. The molecule has 1 aromatic carbocycles. The molecule has 0 bridgehead atoms. The molecule has 1 amide bonds. The van der Waals surface area contributed by atoms with Gasteiger partial charge < -0.3 is 10.6 Å². The number of carbonyl (C=O) groups excluding carboxylic acids is 1. The Morgan fingerprint density at radius 3 is 2.94 bits per heavy atom. The van der Waals surface area contributed by atoms with Crippen LogP contribution in [0, 0.1) is 0 Å². The zero-order chi connectivity index (χ0) is 13.0. The fourth-order valence-corrected chi connectivity index (χ4v) is 3.08. The molecule has 1 heterocycles. The predicted molar refractivity (Wildman–Crippen MR) is 76.0 cm³/mol. The molecule has 0 aliphatic carbocycles. The van der Waals surface area contributed by atoms with Crippen LogP contribution in [-0.4, -0.2) is 36.2 Å². The van der Waals surface area contributed by atoms with Crippen molar-refractivity contribution in [2.24, 2.45) is 5.73 Å². The van der Waals surface area contributed by atoms with E-state index in [1.807, 2.05) is 35.4 Å². The standard InChI is InChI=1S/C14H20N2OS/c1-18-13-8-3-2-7-12(13)14(17)16-9-5-4-6-11(16)10-15/h2-3,7-8,11H,4-6,9-10,15H2,1H3. The average molecular weight is 264 g/mol. The van der Waals surface area contributed by atoms with Crippen LogP contribution >= 0.6 is 11.8 Å². The third-order valence-corrected chi connectivity index (χ3v) is 4.29. The monoisotopic (exact) mass is 264 g/mol. The van der Waals surface area contributed by atoms with Crippen LogP contribution in [0.5, 0.6) is 0 Å². The number of nitrogens with two attached hydrogens (primary N) is 1. The van der Waals surface area contributed by atoms with Crippen molar-refractivity contribution in [1.82, 2.24) is 4.90 Å². The lowest BCUT2D eigenvalue weighted by Crippen LogP contribution is -2.47.